The minimum absolute atomic E-state index is 0.0890. The first-order valence-corrected chi connectivity index (χ1v) is 7.89. The normalized spacial score (nSPS) is 11.3. The highest BCUT2D eigenvalue weighted by Gasteiger charge is 2.12. The number of hydrogen-bond donors (Lipinski definition) is 2. The Labute approximate surface area is 135 Å². The summed E-state index contributed by atoms with van der Waals surface area (Å²) in [5.41, 5.74) is 8.55. The van der Waals surface area contributed by atoms with Crippen LogP contribution in [0.1, 0.15) is 0 Å². The summed E-state index contributed by atoms with van der Waals surface area (Å²) < 4.78 is 3.91. The average Bonchev–Trinajstić information content (AvgIpc) is 3.26. The van der Waals surface area contributed by atoms with Gasteiger partial charge in [-0.15, -0.1) is 0 Å². The van der Waals surface area contributed by atoms with Gasteiger partial charge in [-0.3, -0.25) is 4.57 Å². The Hall–Kier alpha value is -2.71. The second kappa shape index (κ2) is 5.49. The fourth-order valence-corrected chi connectivity index (χ4v) is 3.25. The number of nitrogens with zero attached hydrogens (tertiary/aromatic N) is 5. The lowest BCUT2D eigenvalue weighted by Gasteiger charge is -2.07. The molecule has 0 saturated carbocycles. The number of anilines is 1. The predicted octanol–water partition coefficient (Wildman–Crippen LogP) is 1.92. The summed E-state index contributed by atoms with van der Waals surface area (Å²) in [5.74, 6) is 0.799. The van der Waals surface area contributed by atoms with E-state index in [2.05, 4.69) is 15.0 Å². The van der Waals surface area contributed by atoms with Gasteiger partial charge in [0.2, 0.25) is 0 Å². The summed E-state index contributed by atoms with van der Waals surface area (Å²) in [4.78, 5) is 13.8. The molecule has 0 bridgehead atoms. The summed E-state index contributed by atoms with van der Waals surface area (Å²) in [5, 5.41) is 9.61. The van der Waals surface area contributed by atoms with Crippen LogP contribution >= 0.6 is 11.3 Å². The molecule has 4 rings (SSSR count). The van der Waals surface area contributed by atoms with Gasteiger partial charge in [-0.2, -0.15) is 0 Å². The van der Waals surface area contributed by atoms with Crippen molar-refractivity contribution in [1.29, 1.82) is 0 Å². The number of aliphatic hydroxyl groups excluding tert-OH is 1. The first kappa shape index (κ1) is 13.9. The van der Waals surface area contributed by atoms with Crippen LogP contribution in [0, 0.1) is 0 Å². The number of rotatable bonds is 4. The number of aliphatic hydroxyl groups is 1. The van der Waals surface area contributed by atoms with Crippen molar-refractivity contribution >= 4 is 27.5 Å². The molecule has 0 saturated heterocycles. The van der Waals surface area contributed by atoms with Gasteiger partial charge in [0, 0.05) is 24.6 Å². The van der Waals surface area contributed by atoms with E-state index in [4.69, 9.17) is 10.8 Å². The third kappa shape index (κ3) is 2.37. The van der Waals surface area contributed by atoms with E-state index in [1.165, 1.54) is 11.3 Å². The number of hydrogen-bond acceptors (Lipinski definition) is 6. The van der Waals surface area contributed by atoms with Crippen molar-refractivity contribution in [3.8, 4) is 16.4 Å². The Morgan fingerprint density at radius 2 is 2.13 bits per heavy atom. The van der Waals surface area contributed by atoms with Crippen molar-refractivity contribution < 1.29 is 5.11 Å². The first-order valence-electron chi connectivity index (χ1n) is 7.07. The zero-order chi connectivity index (χ0) is 15.8. The van der Waals surface area contributed by atoms with Crippen LogP contribution in [0.25, 0.3) is 27.4 Å². The van der Waals surface area contributed by atoms with Crippen LogP contribution in [-0.2, 0) is 6.54 Å². The number of aromatic nitrogens is 5. The van der Waals surface area contributed by atoms with Gasteiger partial charge in [0.1, 0.15) is 0 Å². The summed E-state index contributed by atoms with van der Waals surface area (Å²) in [6.07, 6.45) is 7.12. The van der Waals surface area contributed by atoms with Crippen LogP contribution in [0.4, 0.5) is 5.13 Å². The van der Waals surface area contributed by atoms with Crippen LogP contribution < -0.4 is 5.73 Å². The number of nitrogens with two attached hydrogens (primary N) is 1. The lowest BCUT2D eigenvalue weighted by molar-refractivity contribution is 0.278. The van der Waals surface area contributed by atoms with Gasteiger partial charge in [-0.1, -0.05) is 11.3 Å². The zero-order valence-electron chi connectivity index (χ0n) is 12.1. The van der Waals surface area contributed by atoms with Gasteiger partial charge < -0.3 is 15.4 Å². The van der Waals surface area contributed by atoms with Crippen molar-refractivity contribution in [2.75, 3.05) is 12.3 Å². The number of fused-ring (bicyclic) bond motifs is 1. The molecule has 1 aromatic carbocycles. The quantitative estimate of drug-likeness (QED) is 0.597. The molecule has 3 heterocycles. The number of benzene rings is 1. The molecule has 8 heteroatoms. The van der Waals surface area contributed by atoms with Crippen molar-refractivity contribution in [3.05, 3.63) is 43.1 Å². The molecule has 116 valence electrons. The molecular formula is C15H14N6OS. The Bertz CT molecular complexity index is 969. The van der Waals surface area contributed by atoms with Crippen LogP contribution in [-0.4, -0.2) is 35.8 Å². The van der Waals surface area contributed by atoms with Gasteiger partial charge in [0.15, 0.2) is 11.0 Å². The largest absolute Gasteiger partial charge is 0.395 e. The van der Waals surface area contributed by atoms with E-state index in [1.807, 2.05) is 33.5 Å². The molecule has 3 aromatic heterocycles. The van der Waals surface area contributed by atoms with E-state index in [-0.39, 0.29) is 6.61 Å². The standard InChI is InChI=1S/C15H14N6OS/c16-15-18-8-13(23-15)14-17-3-4-21(14)10-1-2-12-11(7-10)19-9-20(12)5-6-22/h1-4,7-9,22H,5-6H2,(H2,16,18). The van der Waals surface area contributed by atoms with E-state index < -0.39 is 0 Å². The predicted molar refractivity (Wildman–Crippen MR) is 89.5 cm³/mol. The Kier molecular flexibility index (Phi) is 3.32. The molecule has 0 aliphatic rings. The molecule has 0 amide bonds. The number of imidazole rings is 2. The molecule has 0 atom stereocenters. The molecule has 0 radical (unpaired) electrons. The Morgan fingerprint density at radius 3 is 2.91 bits per heavy atom. The second-order valence-corrected chi connectivity index (χ2v) is 6.08. The highest BCUT2D eigenvalue weighted by molar-refractivity contribution is 7.18. The smallest absolute Gasteiger partial charge is 0.180 e. The van der Waals surface area contributed by atoms with Gasteiger partial charge in [0.05, 0.1) is 35.0 Å². The minimum Gasteiger partial charge on any atom is -0.395 e. The van der Waals surface area contributed by atoms with E-state index >= 15 is 0 Å². The first-order chi connectivity index (χ1) is 11.3. The molecule has 7 nitrogen and oxygen atoms in total. The molecule has 4 aromatic rings. The van der Waals surface area contributed by atoms with Gasteiger partial charge in [-0.25, -0.2) is 15.0 Å². The van der Waals surface area contributed by atoms with E-state index in [1.54, 1.807) is 18.7 Å². The van der Waals surface area contributed by atoms with E-state index in [0.29, 0.717) is 11.7 Å². The maximum absolute atomic E-state index is 9.09. The Balaban J connectivity index is 1.80. The third-order valence-corrected chi connectivity index (χ3v) is 4.43. The second-order valence-electron chi connectivity index (χ2n) is 5.02. The molecule has 0 aliphatic heterocycles. The van der Waals surface area contributed by atoms with Crippen molar-refractivity contribution in [3.63, 3.8) is 0 Å². The SMILES string of the molecule is Nc1ncc(-c2nccn2-c2ccc3c(c2)ncn3CCO)s1. The lowest BCUT2D eigenvalue weighted by atomic mass is 10.2. The fraction of sp³-hybridized carbons (Fsp3) is 0.133. The minimum atomic E-state index is 0.0890. The van der Waals surface area contributed by atoms with Crippen LogP contribution in [0.15, 0.2) is 43.1 Å². The van der Waals surface area contributed by atoms with E-state index in [0.717, 1.165) is 27.4 Å². The molecule has 0 unspecified atom stereocenters. The van der Waals surface area contributed by atoms with Crippen LogP contribution in [0.5, 0.6) is 0 Å². The van der Waals surface area contributed by atoms with Crippen LogP contribution in [0.2, 0.25) is 0 Å². The molecular weight excluding hydrogens is 312 g/mol. The van der Waals surface area contributed by atoms with Crippen molar-refractivity contribution in [2.45, 2.75) is 6.54 Å². The summed E-state index contributed by atoms with van der Waals surface area (Å²) in [6.45, 7) is 0.623. The van der Waals surface area contributed by atoms with Gasteiger partial charge >= 0.3 is 0 Å². The highest BCUT2D eigenvalue weighted by Crippen LogP contribution is 2.28. The molecule has 3 N–H and O–H groups in total. The van der Waals surface area contributed by atoms with Gasteiger partial charge in [0.25, 0.3) is 0 Å². The molecule has 0 fully saturated rings. The fourth-order valence-electron chi connectivity index (χ4n) is 2.57. The average molecular weight is 326 g/mol. The number of nitrogen functional groups attached to an aromatic ring is 1. The summed E-state index contributed by atoms with van der Waals surface area (Å²) >= 11 is 1.40. The maximum Gasteiger partial charge on any atom is 0.180 e. The number of thiazole rings is 1. The van der Waals surface area contributed by atoms with Gasteiger partial charge in [-0.05, 0) is 18.2 Å². The van der Waals surface area contributed by atoms with Crippen LogP contribution in [0.3, 0.4) is 0 Å². The lowest BCUT2D eigenvalue weighted by Crippen LogP contribution is -2.00. The van der Waals surface area contributed by atoms with Crippen molar-refractivity contribution in [1.82, 2.24) is 24.1 Å². The highest BCUT2D eigenvalue weighted by atomic mass is 32.1. The Morgan fingerprint density at radius 1 is 1.22 bits per heavy atom. The van der Waals surface area contributed by atoms with E-state index in [9.17, 15) is 0 Å². The molecule has 0 spiro atoms. The summed E-state index contributed by atoms with van der Waals surface area (Å²) in [6, 6.07) is 6.00. The molecule has 23 heavy (non-hydrogen) atoms. The zero-order valence-corrected chi connectivity index (χ0v) is 12.9. The maximum atomic E-state index is 9.09. The third-order valence-electron chi connectivity index (χ3n) is 3.61. The topological polar surface area (TPSA) is 94.8 Å². The monoisotopic (exact) mass is 326 g/mol. The van der Waals surface area contributed by atoms with Crippen molar-refractivity contribution in [2.24, 2.45) is 0 Å². The molecule has 0 aliphatic carbocycles. The summed E-state index contributed by atoms with van der Waals surface area (Å²) in [7, 11) is 0.